The van der Waals surface area contributed by atoms with Gasteiger partial charge in [-0.1, -0.05) is 31.4 Å². The summed E-state index contributed by atoms with van der Waals surface area (Å²) in [6.45, 7) is 3.67. The summed E-state index contributed by atoms with van der Waals surface area (Å²) in [5.41, 5.74) is 3.04. The molecule has 1 aromatic rings. The molecule has 0 unspecified atom stereocenters. The maximum Gasteiger partial charge on any atom is 0.414 e. The summed E-state index contributed by atoms with van der Waals surface area (Å²) in [6, 6.07) is 6.20. The SMILES string of the molecule is O=C1OCCN1c1cccc2c1CCN(CC1(O)CCCCC1)C2. The topological polar surface area (TPSA) is 53.0 Å². The Labute approximate surface area is 143 Å². The summed E-state index contributed by atoms with van der Waals surface area (Å²) >= 11 is 0. The Kier molecular flexibility index (Phi) is 4.22. The Morgan fingerprint density at radius 1 is 1.17 bits per heavy atom. The number of hydrogen-bond donors (Lipinski definition) is 1. The average molecular weight is 330 g/mol. The number of benzene rings is 1. The number of carbonyl (C=O) groups is 1. The zero-order valence-corrected chi connectivity index (χ0v) is 14.2. The number of nitrogens with zero attached hydrogens (tertiary/aromatic N) is 2. The van der Waals surface area contributed by atoms with E-state index in [4.69, 9.17) is 4.74 Å². The van der Waals surface area contributed by atoms with Gasteiger partial charge in [0.15, 0.2) is 0 Å². The fourth-order valence-electron chi connectivity index (χ4n) is 4.43. The standard InChI is InChI=1S/C19H26N2O3/c22-18-21(11-12-24-18)17-6-4-5-15-13-20(10-7-16(15)17)14-19(23)8-2-1-3-9-19/h4-6,23H,1-3,7-14H2. The normalized spacial score (nSPS) is 23.9. The van der Waals surface area contributed by atoms with Crippen LogP contribution in [0.25, 0.3) is 0 Å². The van der Waals surface area contributed by atoms with Gasteiger partial charge in [0.05, 0.1) is 17.8 Å². The predicted molar refractivity (Wildman–Crippen MR) is 92.2 cm³/mol. The molecule has 3 aliphatic rings. The van der Waals surface area contributed by atoms with Crippen LogP contribution in [-0.2, 0) is 17.7 Å². The summed E-state index contributed by atoms with van der Waals surface area (Å²) in [7, 11) is 0. The summed E-state index contributed by atoms with van der Waals surface area (Å²) in [4.78, 5) is 16.0. The lowest BCUT2D eigenvalue weighted by Crippen LogP contribution is -2.46. The van der Waals surface area contributed by atoms with E-state index in [-0.39, 0.29) is 6.09 Å². The molecule has 2 heterocycles. The molecular weight excluding hydrogens is 304 g/mol. The van der Waals surface area contributed by atoms with Crippen molar-refractivity contribution in [2.24, 2.45) is 0 Å². The van der Waals surface area contributed by atoms with E-state index in [0.29, 0.717) is 13.2 Å². The number of ether oxygens (including phenoxy) is 1. The molecule has 1 saturated carbocycles. The third-order valence-electron chi connectivity index (χ3n) is 5.67. The highest BCUT2D eigenvalue weighted by Gasteiger charge is 2.33. The van der Waals surface area contributed by atoms with Gasteiger partial charge in [0.25, 0.3) is 0 Å². The van der Waals surface area contributed by atoms with E-state index in [0.717, 1.165) is 57.4 Å². The molecular formula is C19H26N2O3. The minimum atomic E-state index is -0.508. The number of cyclic esters (lactones) is 1. The van der Waals surface area contributed by atoms with E-state index in [1.54, 1.807) is 4.90 Å². The van der Waals surface area contributed by atoms with Crippen LogP contribution in [0.2, 0.25) is 0 Å². The number of rotatable bonds is 3. The maximum atomic E-state index is 11.9. The lowest BCUT2D eigenvalue weighted by atomic mass is 9.84. The Bertz CT molecular complexity index is 625. The van der Waals surface area contributed by atoms with Crippen LogP contribution < -0.4 is 4.90 Å². The van der Waals surface area contributed by atoms with Gasteiger partial charge in [-0.3, -0.25) is 9.80 Å². The van der Waals surface area contributed by atoms with Gasteiger partial charge < -0.3 is 9.84 Å². The van der Waals surface area contributed by atoms with E-state index < -0.39 is 5.60 Å². The molecule has 2 fully saturated rings. The first-order valence-corrected chi connectivity index (χ1v) is 9.14. The number of fused-ring (bicyclic) bond motifs is 1. The minimum Gasteiger partial charge on any atom is -0.447 e. The zero-order chi connectivity index (χ0) is 16.6. The van der Waals surface area contributed by atoms with Crippen LogP contribution in [0.4, 0.5) is 10.5 Å². The molecule has 1 aromatic carbocycles. The number of amides is 1. The highest BCUT2D eigenvalue weighted by Crippen LogP contribution is 2.33. The predicted octanol–water partition coefficient (Wildman–Crippen LogP) is 2.70. The molecule has 0 aromatic heterocycles. The number of carbonyl (C=O) groups excluding carboxylic acids is 1. The van der Waals surface area contributed by atoms with E-state index in [9.17, 15) is 9.90 Å². The van der Waals surface area contributed by atoms with Crippen molar-refractivity contribution in [2.45, 2.75) is 50.7 Å². The highest BCUT2D eigenvalue weighted by atomic mass is 16.6. The lowest BCUT2D eigenvalue weighted by Gasteiger charge is -2.39. The molecule has 1 aliphatic carbocycles. The van der Waals surface area contributed by atoms with Gasteiger partial charge in [0.1, 0.15) is 6.61 Å². The average Bonchev–Trinajstić information content (AvgIpc) is 3.00. The van der Waals surface area contributed by atoms with Crippen molar-refractivity contribution < 1.29 is 14.6 Å². The van der Waals surface area contributed by atoms with Crippen LogP contribution in [0.3, 0.4) is 0 Å². The third-order valence-corrected chi connectivity index (χ3v) is 5.67. The maximum absolute atomic E-state index is 11.9. The zero-order valence-electron chi connectivity index (χ0n) is 14.2. The third kappa shape index (κ3) is 3.03. The Balaban J connectivity index is 1.50. The fourth-order valence-corrected chi connectivity index (χ4v) is 4.43. The molecule has 0 radical (unpaired) electrons. The van der Waals surface area contributed by atoms with Gasteiger partial charge in [-0.2, -0.15) is 0 Å². The molecule has 1 amide bonds. The second-order valence-corrected chi connectivity index (χ2v) is 7.43. The molecule has 2 aliphatic heterocycles. The van der Waals surface area contributed by atoms with Crippen molar-refractivity contribution in [1.82, 2.24) is 4.90 Å². The van der Waals surface area contributed by atoms with Crippen LogP contribution in [0, 0.1) is 0 Å². The quantitative estimate of drug-likeness (QED) is 0.926. The van der Waals surface area contributed by atoms with Crippen LogP contribution >= 0.6 is 0 Å². The summed E-state index contributed by atoms with van der Waals surface area (Å²) < 4.78 is 5.09. The molecule has 130 valence electrons. The van der Waals surface area contributed by atoms with Crippen molar-refractivity contribution in [3.8, 4) is 0 Å². The fraction of sp³-hybridized carbons (Fsp3) is 0.632. The first kappa shape index (κ1) is 15.9. The van der Waals surface area contributed by atoms with Gasteiger partial charge >= 0.3 is 6.09 Å². The summed E-state index contributed by atoms with van der Waals surface area (Å²) in [5.74, 6) is 0. The molecule has 0 atom stereocenters. The van der Waals surface area contributed by atoms with E-state index >= 15 is 0 Å². The number of β-amino-alcohol motifs (C(OH)–C–C–N with tert-alkyl or cyclic N) is 1. The second-order valence-electron chi connectivity index (χ2n) is 7.43. The number of aliphatic hydroxyl groups is 1. The monoisotopic (exact) mass is 330 g/mol. The van der Waals surface area contributed by atoms with Crippen molar-refractivity contribution in [3.05, 3.63) is 29.3 Å². The van der Waals surface area contributed by atoms with E-state index in [1.165, 1.54) is 17.5 Å². The summed E-state index contributed by atoms with van der Waals surface area (Å²) in [5, 5.41) is 10.8. The Morgan fingerprint density at radius 3 is 2.75 bits per heavy atom. The largest absolute Gasteiger partial charge is 0.447 e. The Morgan fingerprint density at radius 2 is 2.00 bits per heavy atom. The molecule has 5 nitrogen and oxygen atoms in total. The van der Waals surface area contributed by atoms with E-state index in [1.807, 2.05) is 12.1 Å². The van der Waals surface area contributed by atoms with Gasteiger partial charge in [-0.15, -0.1) is 0 Å². The molecule has 0 bridgehead atoms. The van der Waals surface area contributed by atoms with Gasteiger partial charge in [-0.25, -0.2) is 4.79 Å². The molecule has 24 heavy (non-hydrogen) atoms. The Hall–Kier alpha value is -1.59. The van der Waals surface area contributed by atoms with Crippen LogP contribution in [0.5, 0.6) is 0 Å². The smallest absolute Gasteiger partial charge is 0.414 e. The molecule has 4 rings (SSSR count). The second kappa shape index (κ2) is 6.37. The number of anilines is 1. The van der Waals surface area contributed by atoms with Gasteiger partial charge in [-0.05, 0) is 36.5 Å². The first-order valence-electron chi connectivity index (χ1n) is 9.14. The van der Waals surface area contributed by atoms with Crippen LogP contribution in [0.1, 0.15) is 43.2 Å². The molecule has 0 spiro atoms. The molecule has 5 heteroatoms. The van der Waals surface area contributed by atoms with Crippen molar-refractivity contribution in [1.29, 1.82) is 0 Å². The minimum absolute atomic E-state index is 0.234. The number of hydrogen-bond acceptors (Lipinski definition) is 4. The first-order chi connectivity index (χ1) is 11.6. The molecule has 1 saturated heterocycles. The molecule has 1 N–H and O–H groups in total. The van der Waals surface area contributed by atoms with E-state index in [2.05, 4.69) is 11.0 Å². The summed E-state index contributed by atoms with van der Waals surface area (Å²) in [6.07, 6.45) is 6.07. The van der Waals surface area contributed by atoms with Gasteiger partial charge in [0, 0.05) is 19.6 Å². The highest BCUT2D eigenvalue weighted by molar-refractivity contribution is 5.90. The van der Waals surface area contributed by atoms with Gasteiger partial charge in [0.2, 0.25) is 0 Å². The van der Waals surface area contributed by atoms with Crippen LogP contribution in [-0.4, -0.2) is 47.9 Å². The van der Waals surface area contributed by atoms with Crippen molar-refractivity contribution in [2.75, 3.05) is 31.1 Å². The van der Waals surface area contributed by atoms with Crippen molar-refractivity contribution >= 4 is 11.8 Å². The van der Waals surface area contributed by atoms with Crippen molar-refractivity contribution in [3.63, 3.8) is 0 Å². The lowest BCUT2D eigenvalue weighted by molar-refractivity contribution is -0.0291. The van der Waals surface area contributed by atoms with Crippen LogP contribution in [0.15, 0.2) is 18.2 Å².